The molecule has 154 valence electrons. The fourth-order valence-corrected chi connectivity index (χ4v) is 5.36. The van der Waals surface area contributed by atoms with Crippen LogP contribution in [0.4, 0.5) is 5.69 Å². The molecule has 0 spiro atoms. The lowest BCUT2D eigenvalue weighted by atomic mass is 9.99. The molecule has 5 nitrogen and oxygen atoms in total. The number of nitrogens with zero attached hydrogens (tertiary/aromatic N) is 1. The molecule has 2 aliphatic rings. The molecule has 30 heavy (non-hydrogen) atoms. The van der Waals surface area contributed by atoms with Gasteiger partial charge in [-0.15, -0.1) is 11.8 Å². The predicted octanol–water partition coefficient (Wildman–Crippen LogP) is 4.47. The Kier molecular flexibility index (Phi) is 5.19. The van der Waals surface area contributed by atoms with Crippen molar-refractivity contribution < 1.29 is 14.9 Å². The van der Waals surface area contributed by atoms with Crippen molar-refractivity contribution in [3.8, 4) is 17.2 Å². The van der Waals surface area contributed by atoms with E-state index in [0.29, 0.717) is 0 Å². The summed E-state index contributed by atoms with van der Waals surface area (Å²) in [6.07, 6.45) is -0.173. The molecule has 2 atom stereocenters. The molecular weight excluding hydrogens is 396 g/mol. The topological polar surface area (TPSA) is 65.0 Å². The van der Waals surface area contributed by atoms with Crippen molar-refractivity contribution in [1.29, 1.82) is 0 Å². The summed E-state index contributed by atoms with van der Waals surface area (Å²) in [6, 6.07) is 21.2. The first kappa shape index (κ1) is 19.2. The predicted molar refractivity (Wildman–Crippen MR) is 120 cm³/mol. The van der Waals surface area contributed by atoms with E-state index in [-0.39, 0.29) is 22.9 Å². The lowest BCUT2D eigenvalue weighted by Gasteiger charge is -2.34. The second-order valence-corrected chi connectivity index (χ2v) is 8.81. The third-order valence-electron chi connectivity index (χ3n) is 5.64. The van der Waals surface area contributed by atoms with Gasteiger partial charge in [0.15, 0.2) is 0 Å². The van der Waals surface area contributed by atoms with Crippen molar-refractivity contribution in [3.63, 3.8) is 0 Å². The van der Waals surface area contributed by atoms with E-state index in [1.165, 1.54) is 5.69 Å². The number of anilines is 1. The third-order valence-corrected chi connectivity index (χ3v) is 6.98. The normalized spacial score (nSPS) is 21.0. The van der Waals surface area contributed by atoms with E-state index in [0.717, 1.165) is 48.0 Å². The average molecular weight is 421 g/mol. The standard InChI is InChI=1S/C24H24N2O3S/c27-19-7-3-17(4-8-19)24-23(29-21-10-9-20(28)15-22(21)30-24)16-1-5-18(6-2-16)26-13-11-25-12-14-26/h1-10,15,23-25,27-28H,11-14H2/t23-,24+/m0/s1. The Morgan fingerprint density at radius 1 is 0.833 bits per heavy atom. The monoisotopic (exact) mass is 420 g/mol. The van der Waals surface area contributed by atoms with Crippen LogP contribution >= 0.6 is 11.8 Å². The van der Waals surface area contributed by atoms with Crippen LogP contribution in [0.5, 0.6) is 17.2 Å². The maximum Gasteiger partial charge on any atom is 0.140 e. The Bertz CT molecular complexity index is 1020. The van der Waals surface area contributed by atoms with Crippen LogP contribution in [-0.4, -0.2) is 36.4 Å². The van der Waals surface area contributed by atoms with Gasteiger partial charge in [-0.2, -0.15) is 0 Å². The van der Waals surface area contributed by atoms with Crippen LogP contribution in [0.15, 0.2) is 71.6 Å². The molecule has 0 aromatic heterocycles. The lowest BCUT2D eigenvalue weighted by Crippen LogP contribution is -2.43. The number of thioether (sulfide) groups is 1. The molecule has 0 bridgehead atoms. The minimum Gasteiger partial charge on any atom is -0.508 e. The number of rotatable bonds is 3. The van der Waals surface area contributed by atoms with Crippen molar-refractivity contribution in [2.75, 3.05) is 31.1 Å². The highest BCUT2D eigenvalue weighted by Gasteiger charge is 2.33. The van der Waals surface area contributed by atoms with Crippen LogP contribution in [0.25, 0.3) is 0 Å². The molecule has 1 saturated heterocycles. The van der Waals surface area contributed by atoms with Gasteiger partial charge in [0.05, 0.1) is 10.1 Å². The minimum absolute atomic E-state index is 0.00457. The highest BCUT2D eigenvalue weighted by molar-refractivity contribution is 7.99. The van der Waals surface area contributed by atoms with Crippen LogP contribution < -0.4 is 15.0 Å². The molecule has 0 aliphatic carbocycles. The molecule has 0 radical (unpaired) electrons. The van der Waals surface area contributed by atoms with Crippen molar-refractivity contribution in [3.05, 3.63) is 77.9 Å². The van der Waals surface area contributed by atoms with E-state index in [9.17, 15) is 10.2 Å². The van der Waals surface area contributed by atoms with Crippen molar-refractivity contribution in [1.82, 2.24) is 5.32 Å². The minimum atomic E-state index is -0.173. The largest absolute Gasteiger partial charge is 0.508 e. The Morgan fingerprint density at radius 2 is 1.50 bits per heavy atom. The molecule has 3 N–H and O–H groups in total. The Labute approximate surface area is 180 Å². The van der Waals surface area contributed by atoms with E-state index in [4.69, 9.17) is 4.74 Å². The number of benzene rings is 3. The van der Waals surface area contributed by atoms with Crippen LogP contribution in [0.2, 0.25) is 0 Å². The summed E-state index contributed by atoms with van der Waals surface area (Å²) in [6.45, 7) is 4.05. The van der Waals surface area contributed by atoms with E-state index in [1.54, 1.807) is 36.0 Å². The number of phenolic OH excluding ortho intramolecular Hbond substituents is 2. The first-order valence-corrected chi connectivity index (χ1v) is 11.1. The molecule has 2 aliphatic heterocycles. The average Bonchev–Trinajstić information content (AvgIpc) is 2.79. The Morgan fingerprint density at radius 3 is 2.23 bits per heavy atom. The number of hydrogen-bond acceptors (Lipinski definition) is 6. The second kappa shape index (κ2) is 8.13. The van der Waals surface area contributed by atoms with E-state index in [2.05, 4.69) is 34.5 Å². The summed E-state index contributed by atoms with van der Waals surface area (Å²) in [5.41, 5.74) is 3.41. The highest BCUT2D eigenvalue weighted by atomic mass is 32.2. The fraction of sp³-hybridized carbons (Fsp3) is 0.250. The van der Waals surface area contributed by atoms with Crippen LogP contribution in [0, 0.1) is 0 Å². The van der Waals surface area contributed by atoms with Gasteiger partial charge in [0.25, 0.3) is 0 Å². The van der Waals surface area contributed by atoms with Gasteiger partial charge in [-0.1, -0.05) is 24.3 Å². The van der Waals surface area contributed by atoms with Gasteiger partial charge in [0.2, 0.25) is 0 Å². The molecule has 0 unspecified atom stereocenters. The van der Waals surface area contributed by atoms with E-state index >= 15 is 0 Å². The summed E-state index contributed by atoms with van der Waals surface area (Å²) in [7, 11) is 0. The smallest absolute Gasteiger partial charge is 0.140 e. The molecule has 0 saturated carbocycles. The van der Waals surface area contributed by atoms with Crippen molar-refractivity contribution in [2.45, 2.75) is 16.2 Å². The Hall–Kier alpha value is -2.83. The summed E-state index contributed by atoms with van der Waals surface area (Å²) < 4.78 is 6.44. The third kappa shape index (κ3) is 3.80. The number of fused-ring (bicyclic) bond motifs is 1. The molecule has 2 heterocycles. The molecule has 3 aromatic carbocycles. The summed E-state index contributed by atoms with van der Waals surface area (Å²) in [4.78, 5) is 3.31. The number of aromatic hydroxyl groups is 2. The highest BCUT2D eigenvalue weighted by Crippen LogP contribution is 2.54. The van der Waals surface area contributed by atoms with Gasteiger partial charge in [-0.3, -0.25) is 0 Å². The molecule has 3 aromatic rings. The molecule has 0 amide bonds. The van der Waals surface area contributed by atoms with Gasteiger partial charge >= 0.3 is 0 Å². The SMILES string of the molecule is Oc1ccc([C@H]2Sc3cc(O)ccc3O[C@H]2c2ccc(N3CCNCC3)cc2)cc1. The van der Waals surface area contributed by atoms with E-state index in [1.807, 2.05) is 18.2 Å². The molecule has 5 rings (SSSR count). The van der Waals surface area contributed by atoms with Crippen LogP contribution in [0.3, 0.4) is 0 Å². The van der Waals surface area contributed by atoms with Gasteiger partial charge in [0.1, 0.15) is 23.4 Å². The summed E-state index contributed by atoms with van der Waals surface area (Å²) in [5.74, 6) is 1.26. The Balaban J connectivity index is 1.48. The number of hydrogen-bond donors (Lipinski definition) is 3. The number of nitrogens with one attached hydrogen (secondary N) is 1. The van der Waals surface area contributed by atoms with Gasteiger partial charge in [0, 0.05) is 31.9 Å². The van der Waals surface area contributed by atoms with Crippen LogP contribution in [0.1, 0.15) is 22.5 Å². The summed E-state index contributed by atoms with van der Waals surface area (Å²) in [5, 5.41) is 23.0. The maximum atomic E-state index is 9.91. The lowest BCUT2D eigenvalue weighted by molar-refractivity contribution is 0.190. The van der Waals surface area contributed by atoms with Gasteiger partial charge in [-0.25, -0.2) is 0 Å². The zero-order valence-electron chi connectivity index (χ0n) is 16.5. The van der Waals surface area contributed by atoms with Crippen LogP contribution in [-0.2, 0) is 0 Å². The van der Waals surface area contributed by atoms with Crippen molar-refractivity contribution in [2.24, 2.45) is 0 Å². The second-order valence-electron chi connectivity index (χ2n) is 7.63. The number of phenols is 2. The van der Waals surface area contributed by atoms with E-state index < -0.39 is 0 Å². The first-order chi connectivity index (χ1) is 14.7. The quantitative estimate of drug-likeness (QED) is 0.581. The zero-order chi connectivity index (χ0) is 20.5. The van der Waals surface area contributed by atoms with Gasteiger partial charge < -0.3 is 25.2 Å². The molecule has 1 fully saturated rings. The zero-order valence-corrected chi connectivity index (χ0v) is 17.3. The fourth-order valence-electron chi connectivity index (χ4n) is 4.03. The summed E-state index contributed by atoms with van der Waals surface area (Å²) >= 11 is 1.68. The first-order valence-electron chi connectivity index (χ1n) is 10.2. The number of piperazine rings is 1. The maximum absolute atomic E-state index is 9.91. The van der Waals surface area contributed by atoms with Gasteiger partial charge in [-0.05, 0) is 53.6 Å². The molecule has 6 heteroatoms. The van der Waals surface area contributed by atoms with Crippen molar-refractivity contribution >= 4 is 17.4 Å². The molecular formula is C24H24N2O3S. The number of ether oxygens (including phenoxy) is 1.